The third-order valence-corrected chi connectivity index (χ3v) is 0.500. The molecule has 0 spiro atoms. The summed E-state index contributed by atoms with van der Waals surface area (Å²) in [4.78, 5) is 0. The van der Waals surface area contributed by atoms with E-state index in [0.717, 1.165) is 12.8 Å². The topological polar surface area (TPSA) is 0 Å². The Morgan fingerprint density at radius 3 is 1.33 bits per heavy atom. The number of hydrogen-bond acceptors (Lipinski definition) is 0. The molecule has 0 heterocycles. The fourth-order valence-corrected chi connectivity index (χ4v) is 0.177. The standard InChI is InChI=1S/C5H10.Rh/c1-3-5-4-2;/h1-5H2;/q-2;+2. The van der Waals surface area contributed by atoms with Crippen LogP contribution in [0.25, 0.3) is 0 Å². The first kappa shape index (κ1) is 9.80. The maximum atomic E-state index is 3.64. The summed E-state index contributed by atoms with van der Waals surface area (Å²) in [5.74, 6) is 0. The Morgan fingerprint density at radius 1 is 1.00 bits per heavy atom. The van der Waals surface area contributed by atoms with Crippen LogP contribution in [0.4, 0.5) is 0 Å². The maximum absolute atomic E-state index is 3.64. The molecule has 0 fully saturated rings. The maximum Gasteiger partial charge on any atom is 2.00 e. The van der Waals surface area contributed by atoms with Crippen LogP contribution in [0.1, 0.15) is 19.3 Å². The molecule has 0 aromatic heterocycles. The Bertz CT molecular complexity index is 11.4. The predicted molar refractivity (Wildman–Crippen MR) is 24.6 cm³/mol. The Hall–Kier alpha value is 0.623. The van der Waals surface area contributed by atoms with Gasteiger partial charge in [-0.05, 0) is 0 Å². The molecule has 0 aliphatic heterocycles. The molecule has 1 radical (unpaired) electrons. The Kier molecular flexibility index (Phi) is 15.0. The van der Waals surface area contributed by atoms with E-state index in [1.54, 1.807) is 0 Å². The van der Waals surface area contributed by atoms with E-state index in [4.69, 9.17) is 0 Å². The third kappa shape index (κ3) is 8.82. The molecule has 0 nitrogen and oxygen atoms in total. The summed E-state index contributed by atoms with van der Waals surface area (Å²) in [7, 11) is 0. The smallest absolute Gasteiger partial charge is 0.343 e. The van der Waals surface area contributed by atoms with Crippen LogP contribution in [0.15, 0.2) is 0 Å². The van der Waals surface area contributed by atoms with Gasteiger partial charge >= 0.3 is 19.5 Å². The molecule has 0 rings (SSSR count). The molecule has 0 unspecified atom stereocenters. The zero-order valence-electron chi connectivity index (χ0n) is 3.87. The summed E-state index contributed by atoms with van der Waals surface area (Å²) in [6.45, 7) is 7.27. The first-order valence-corrected chi connectivity index (χ1v) is 2.00. The molecule has 0 saturated heterocycles. The fourth-order valence-electron chi connectivity index (χ4n) is 0.177. The van der Waals surface area contributed by atoms with Crippen molar-refractivity contribution in [3.8, 4) is 0 Å². The summed E-state index contributed by atoms with van der Waals surface area (Å²) >= 11 is 0. The quantitative estimate of drug-likeness (QED) is 0.441. The van der Waals surface area contributed by atoms with E-state index in [1.165, 1.54) is 6.42 Å². The molecule has 0 N–H and O–H groups in total. The van der Waals surface area contributed by atoms with Crippen molar-refractivity contribution >= 4 is 0 Å². The Balaban J connectivity index is 0. The first-order valence-electron chi connectivity index (χ1n) is 2.00. The van der Waals surface area contributed by atoms with Crippen molar-refractivity contribution in [1.82, 2.24) is 0 Å². The summed E-state index contributed by atoms with van der Waals surface area (Å²) in [6.07, 6.45) is 3.23. The van der Waals surface area contributed by atoms with Gasteiger partial charge in [-0.15, -0.1) is 6.42 Å². The largest absolute Gasteiger partial charge is 2.00 e. The second kappa shape index (κ2) is 9.16. The van der Waals surface area contributed by atoms with Gasteiger partial charge in [0.15, 0.2) is 0 Å². The number of unbranched alkanes of at least 4 members (excludes halogenated alkanes) is 2. The van der Waals surface area contributed by atoms with Crippen molar-refractivity contribution in [3.63, 3.8) is 0 Å². The van der Waals surface area contributed by atoms with Gasteiger partial charge in [0.1, 0.15) is 0 Å². The molecule has 0 aliphatic carbocycles. The van der Waals surface area contributed by atoms with Crippen LogP contribution >= 0.6 is 0 Å². The number of hydrogen-bond donors (Lipinski definition) is 0. The van der Waals surface area contributed by atoms with Gasteiger partial charge in [-0.3, -0.25) is 0 Å². The average molecular weight is 173 g/mol. The first-order chi connectivity index (χ1) is 2.41. The van der Waals surface area contributed by atoms with E-state index in [-0.39, 0.29) is 19.5 Å². The van der Waals surface area contributed by atoms with E-state index in [9.17, 15) is 0 Å². The molecule has 0 bridgehead atoms. The molecular formula is C5H10Rh. The van der Waals surface area contributed by atoms with Crippen molar-refractivity contribution in [2.24, 2.45) is 0 Å². The van der Waals surface area contributed by atoms with Gasteiger partial charge in [-0.1, -0.05) is 0 Å². The van der Waals surface area contributed by atoms with Crippen molar-refractivity contribution in [3.05, 3.63) is 13.8 Å². The number of rotatable bonds is 2. The fraction of sp³-hybridized carbons (Fsp3) is 0.600. The zero-order chi connectivity index (χ0) is 4.12. The van der Waals surface area contributed by atoms with Crippen LogP contribution in [-0.4, -0.2) is 0 Å². The minimum absolute atomic E-state index is 0. The van der Waals surface area contributed by atoms with Crippen LogP contribution in [0.5, 0.6) is 0 Å². The van der Waals surface area contributed by atoms with E-state index < -0.39 is 0 Å². The molecule has 0 aromatic rings. The van der Waals surface area contributed by atoms with Crippen molar-refractivity contribution in [2.75, 3.05) is 0 Å². The third-order valence-electron chi connectivity index (χ3n) is 0.500. The van der Waals surface area contributed by atoms with Crippen molar-refractivity contribution < 1.29 is 19.5 Å². The summed E-state index contributed by atoms with van der Waals surface area (Å²) in [5, 5.41) is 0. The van der Waals surface area contributed by atoms with E-state index in [0.29, 0.717) is 0 Å². The van der Waals surface area contributed by atoms with Gasteiger partial charge in [0, 0.05) is 0 Å². The molecule has 0 aromatic carbocycles. The molecule has 1 heteroatoms. The van der Waals surface area contributed by atoms with Crippen LogP contribution in [0, 0.1) is 13.8 Å². The molecular weight excluding hydrogens is 163 g/mol. The zero-order valence-corrected chi connectivity index (χ0v) is 5.51. The molecule has 0 aliphatic rings. The Morgan fingerprint density at radius 2 is 1.33 bits per heavy atom. The van der Waals surface area contributed by atoms with Gasteiger partial charge in [0.05, 0.1) is 0 Å². The average Bonchev–Trinajstić information content (AvgIpc) is 1.41. The second-order valence-electron chi connectivity index (χ2n) is 1.06. The van der Waals surface area contributed by atoms with Crippen LogP contribution in [0.3, 0.4) is 0 Å². The molecule has 6 heavy (non-hydrogen) atoms. The van der Waals surface area contributed by atoms with E-state index in [1.807, 2.05) is 0 Å². The van der Waals surface area contributed by atoms with Crippen molar-refractivity contribution in [2.45, 2.75) is 19.3 Å². The van der Waals surface area contributed by atoms with Crippen LogP contribution < -0.4 is 0 Å². The molecule has 0 amide bonds. The summed E-state index contributed by atoms with van der Waals surface area (Å²) in [5.41, 5.74) is 0. The van der Waals surface area contributed by atoms with Crippen LogP contribution in [-0.2, 0) is 19.5 Å². The molecule has 0 saturated carbocycles. The van der Waals surface area contributed by atoms with Crippen LogP contribution in [0.2, 0.25) is 0 Å². The van der Waals surface area contributed by atoms with Crippen molar-refractivity contribution in [1.29, 1.82) is 0 Å². The van der Waals surface area contributed by atoms with E-state index >= 15 is 0 Å². The van der Waals surface area contributed by atoms with Gasteiger partial charge in [-0.2, -0.15) is 12.8 Å². The van der Waals surface area contributed by atoms with Gasteiger partial charge in [-0.25, -0.2) is 0 Å². The molecule has 0 atom stereocenters. The SMILES string of the molecule is [CH2-]CCC[CH2-].[Rh+2]. The second-order valence-corrected chi connectivity index (χ2v) is 1.06. The summed E-state index contributed by atoms with van der Waals surface area (Å²) in [6, 6.07) is 0. The predicted octanol–water partition coefficient (Wildman–Crippen LogP) is 1.82. The Labute approximate surface area is 53.1 Å². The summed E-state index contributed by atoms with van der Waals surface area (Å²) < 4.78 is 0. The minimum atomic E-state index is 0. The van der Waals surface area contributed by atoms with Gasteiger partial charge in [0.25, 0.3) is 0 Å². The van der Waals surface area contributed by atoms with Gasteiger partial charge in [0.2, 0.25) is 0 Å². The minimum Gasteiger partial charge on any atom is -0.343 e. The van der Waals surface area contributed by atoms with E-state index in [2.05, 4.69) is 13.8 Å². The normalized spacial score (nSPS) is 7.00. The van der Waals surface area contributed by atoms with Gasteiger partial charge < -0.3 is 13.8 Å². The molecule has 39 valence electrons. The monoisotopic (exact) mass is 173 g/mol.